The van der Waals surface area contributed by atoms with E-state index in [1.165, 1.54) is 29.2 Å². The number of benzene rings is 3. The van der Waals surface area contributed by atoms with Crippen molar-refractivity contribution in [1.82, 2.24) is 14.9 Å². The van der Waals surface area contributed by atoms with Crippen LogP contribution >= 0.6 is 11.6 Å². The van der Waals surface area contributed by atoms with Crippen molar-refractivity contribution >= 4 is 33.4 Å². The molecule has 0 unspecified atom stereocenters. The van der Waals surface area contributed by atoms with Gasteiger partial charge in [0.05, 0.1) is 4.90 Å². The van der Waals surface area contributed by atoms with Crippen molar-refractivity contribution in [2.75, 3.05) is 6.54 Å². The fourth-order valence-electron chi connectivity index (χ4n) is 3.84. The van der Waals surface area contributed by atoms with Crippen LogP contribution in [0.3, 0.4) is 0 Å². The van der Waals surface area contributed by atoms with Gasteiger partial charge in [-0.1, -0.05) is 61.0 Å². The number of sulfonamides is 1. The lowest BCUT2D eigenvalue weighted by Crippen LogP contribution is -2.47. The Labute approximate surface area is 228 Å². The minimum atomic E-state index is -3.56. The van der Waals surface area contributed by atoms with Gasteiger partial charge in [0.15, 0.2) is 0 Å². The van der Waals surface area contributed by atoms with E-state index in [-0.39, 0.29) is 42.8 Å². The zero-order valence-corrected chi connectivity index (χ0v) is 22.9. The average molecular weight is 560 g/mol. The van der Waals surface area contributed by atoms with E-state index in [1.54, 1.807) is 50.2 Å². The lowest BCUT2D eigenvalue weighted by Gasteiger charge is -2.29. The Hall–Kier alpha value is -3.27. The Kier molecular flexibility index (Phi) is 10.4. The van der Waals surface area contributed by atoms with Crippen molar-refractivity contribution in [3.05, 3.63) is 100 Å². The lowest BCUT2D eigenvalue weighted by atomic mass is 10.1. The number of carbonyl (C=O) groups is 2. The minimum absolute atomic E-state index is 0.0998. The van der Waals surface area contributed by atoms with Crippen LogP contribution in [0, 0.1) is 5.82 Å². The molecule has 0 heterocycles. The first kappa shape index (κ1) is 29.3. The summed E-state index contributed by atoms with van der Waals surface area (Å²) in [6.07, 6.45) is 0.455. The Balaban J connectivity index is 1.71. The van der Waals surface area contributed by atoms with E-state index in [2.05, 4.69) is 10.0 Å². The van der Waals surface area contributed by atoms with Crippen molar-refractivity contribution in [1.29, 1.82) is 0 Å². The van der Waals surface area contributed by atoms with Gasteiger partial charge in [-0.3, -0.25) is 9.59 Å². The highest BCUT2D eigenvalue weighted by Gasteiger charge is 2.26. The number of amides is 2. The van der Waals surface area contributed by atoms with Crippen LogP contribution in [0.4, 0.5) is 4.39 Å². The van der Waals surface area contributed by atoms with Crippen LogP contribution in [0.15, 0.2) is 77.7 Å². The molecule has 10 heteroatoms. The first-order valence-electron chi connectivity index (χ1n) is 12.2. The molecule has 1 atom stereocenters. The Morgan fingerprint density at radius 3 is 2.24 bits per heavy atom. The van der Waals surface area contributed by atoms with Gasteiger partial charge >= 0.3 is 0 Å². The fraction of sp³-hybridized carbons (Fsp3) is 0.286. The number of rotatable bonds is 12. The van der Waals surface area contributed by atoms with Gasteiger partial charge < -0.3 is 10.2 Å². The summed E-state index contributed by atoms with van der Waals surface area (Å²) in [4.78, 5) is 27.9. The molecule has 0 fully saturated rings. The second-order valence-corrected chi connectivity index (χ2v) is 11.0. The SMILES string of the molecule is CCNS(=O)(=O)c1ccc(CCC(=O)N(Cc2ccc(F)cc2)[C@H](C)C(=O)NCc2ccccc2Cl)cc1. The van der Waals surface area contributed by atoms with E-state index >= 15 is 0 Å². The molecule has 7 nitrogen and oxygen atoms in total. The van der Waals surface area contributed by atoms with Gasteiger partial charge in [0.25, 0.3) is 0 Å². The normalized spacial score (nSPS) is 12.1. The molecular formula is C28H31ClFN3O4S. The van der Waals surface area contributed by atoms with Gasteiger partial charge in [-0.05, 0) is 60.4 Å². The van der Waals surface area contributed by atoms with Crippen molar-refractivity contribution in [2.24, 2.45) is 0 Å². The summed E-state index contributed by atoms with van der Waals surface area (Å²) in [6.45, 7) is 3.97. The van der Waals surface area contributed by atoms with Crippen molar-refractivity contribution in [2.45, 2.75) is 50.7 Å². The number of hydrogen-bond acceptors (Lipinski definition) is 4. The zero-order valence-electron chi connectivity index (χ0n) is 21.3. The monoisotopic (exact) mass is 559 g/mol. The molecule has 202 valence electrons. The number of aryl methyl sites for hydroxylation is 1. The molecule has 0 aliphatic heterocycles. The summed E-state index contributed by atoms with van der Waals surface area (Å²) in [5.41, 5.74) is 2.22. The van der Waals surface area contributed by atoms with E-state index in [4.69, 9.17) is 11.6 Å². The van der Waals surface area contributed by atoms with Crippen LogP contribution in [0.5, 0.6) is 0 Å². The van der Waals surface area contributed by atoms with Crippen LogP contribution in [0.2, 0.25) is 5.02 Å². The van der Waals surface area contributed by atoms with Gasteiger partial charge in [0.2, 0.25) is 21.8 Å². The van der Waals surface area contributed by atoms with Crippen molar-refractivity contribution < 1.29 is 22.4 Å². The van der Waals surface area contributed by atoms with Gasteiger partial charge in [-0.15, -0.1) is 0 Å². The van der Waals surface area contributed by atoms with E-state index < -0.39 is 21.9 Å². The average Bonchev–Trinajstić information content (AvgIpc) is 2.90. The minimum Gasteiger partial charge on any atom is -0.350 e. The topological polar surface area (TPSA) is 95.6 Å². The summed E-state index contributed by atoms with van der Waals surface area (Å²) in [5, 5.41) is 3.37. The molecule has 0 aliphatic rings. The highest BCUT2D eigenvalue weighted by Crippen LogP contribution is 2.17. The second-order valence-electron chi connectivity index (χ2n) is 8.78. The van der Waals surface area contributed by atoms with Crippen LogP contribution in [0.1, 0.15) is 37.0 Å². The lowest BCUT2D eigenvalue weighted by molar-refractivity contribution is -0.140. The molecule has 3 aromatic carbocycles. The molecule has 0 bridgehead atoms. The van der Waals surface area contributed by atoms with Crippen LogP contribution in [-0.2, 0) is 39.1 Å². The van der Waals surface area contributed by atoms with E-state index in [1.807, 2.05) is 12.1 Å². The standard InChI is InChI=1S/C28H31ClFN3O4S/c1-3-32-38(36,37)25-15-10-21(11-16-25)12-17-27(34)33(19-22-8-13-24(30)14-9-22)20(2)28(35)31-18-23-6-4-5-7-26(23)29/h4-11,13-16,20,32H,3,12,17-19H2,1-2H3,(H,31,35)/t20-/m1/s1. The van der Waals surface area contributed by atoms with E-state index in [0.717, 1.165) is 11.1 Å². The molecule has 3 rings (SSSR count). The molecule has 0 aliphatic carbocycles. The molecule has 2 N–H and O–H groups in total. The predicted octanol–water partition coefficient (Wildman–Crippen LogP) is 4.44. The zero-order chi connectivity index (χ0) is 27.7. The number of nitrogens with zero attached hydrogens (tertiary/aromatic N) is 1. The van der Waals surface area contributed by atoms with Gasteiger partial charge in [0.1, 0.15) is 11.9 Å². The second kappa shape index (κ2) is 13.5. The number of nitrogens with one attached hydrogen (secondary N) is 2. The predicted molar refractivity (Wildman–Crippen MR) is 145 cm³/mol. The third-order valence-electron chi connectivity index (χ3n) is 6.04. The van der Waals surface area contributed by atoms with Crippen LogP contribution < -0.4 is 10.0 Å². The maximum absolute atomic E-state index is 13.4. The molecule has 0 saturated carbocycles. The largest absolute Gasteiger partial charge is 0.350 e. The maximum Gasteiger partial charge on any atom is 0.242 e. The van der Waals surface area contributed by atoms with Crippen LogP contribution in [-0.4, -0.2) is 37.7 Å². The molecule has 0 spiro atoms. The third-order valence-corrected chi connectivity index (χ3v) is 7.97. The highest BCUT2D eigenvalue weighted by atomic mass is 35.5. The van der Waals surface area contributed by atoms with E-state index in [0.29, 0.717) is 17.0 Å². The number of halogens is 2. The first-order chi connectivity index (χ1) is 18.1. The molecule has 0 saturated heterocycles. The summed E-state index contributed by atoms with van der Waals surface area (Å²) in [7, 11) is -3.56. The Morgan fingerprint density at radius 1 is 0.974 bits per heavy atom. The van der Waals surface area contributed by atoms with Gasteiger partial charge in [-0.25, -0.2) is 17.5 Å². The van der Waals surface area contributed by atoms with Crippen LogP contribution in [0.25, 0.3) is 0 Å². The molecule has 0 aromatic heterocycles. The molecule has 2 amide bonds. The molecule has 3 aromatic rings. The highest BCUT2D eigenvalue weighted by molar-refractivity contribution is 7.89. The summed E-state index contributed by atoms with van der Waals surface area (Å²) in [6, 6.07) is 18.5. The fourth-order valence-corrected chi connectivity index (χ4v) is 5.09. The Morgan fingerprint density at radius 2 is 1.61 bits per heavy atom. The van der Waals surface area contributed by atoms with Gasteiger partial charge in [0, 0.05) is 31.1 Å². The molecule has 0 radical (unpaired) electrons. The van der Waals surface area contributed by atoms with E-state index in [9.17, 15) is 22.4 Å². The Bertz CT molecular complexity index is 1350. The van der Waals surface area contributed by atoms with Crippen molar-refractivity contribution in [3.8, 4) is 0 Å². The number of hydrogen-bond donors (Lipinski definition) is 2. The third kappa shape index (κ3) is 8.11. The smallest absolute Gasteiger partial charge is 0.242 e. The van der Waals surface area contributed by atoms with Crippen molar-refractivity contribution in [3.63, 3.8) is 0 Å². The maximum atomic E-state index is 13.4. The number of carbonyl (C=O) groups excluding carboxylic acids is 2. The summed E-state index contributed by atoms with van der Waals surface area (Å²) in [5.74, 6) is -1.01. The molecule has 38 heavy (non-hydrogen) atoms. The molecular weight excluding hydrogens is 529 g/mol. The summed E-state index contributed by atoms with van der Waals surface area (Å²) < 4.78 is 40.2. The summed E-state index contributed by atoms with van der Waals surface area (Å²) >= 11 is 6.19. The quantitative estimate of drug-likeness (QED) is 0.343. The first-order valence-corrected chi connectivity index (χ1v) is 14.1. The van der Waals surface area contributed by atoms with Gasteiger partial charge in [-0.2, -0.15) is 0 Å².